The fourth-order valence-electron chi connectivity index (χ4n) is 3.50. The number of benzene rings is 1. The molecule has 1 N–H and O–H groups in total. The molecule has 146 valence electrons. The Balaban J connectivity index is 1.37. The fourth-order valence-corrected chi connectivity index (χ4v) is 5.77. The van der Waals surface area contributed by atoms with E-state index in [1.807, 2.05) is 0 Å². The lowest BCUT2D eigenvalue weighted by Gasteiger charge is -2.33. The van der Waals surface area contributed by atoms with Crippen LogP contribution in [0.25, 0.3) is 11.1 Å². The summed E-state index contributed by atoms with van der Waals surface area (Å²) in [5, 5.41) is 1.78. The molecule has 6 nitrogen and oxygen atoms in total. The van der Waals surface area contributed by atoms with Crippen LogP contribution in [0.15, 0.2) is 64.7 Å². The second-order valence-electron chi connectivity index (χ2n) is 6.95. The highest BCUT2D eigenvalue weighted by molar-refractivity contribution is 7.97. The number of thiophene rings is 1. The van der Waals surface area contributed by atoms with E-state index in [-0.39, 0.29) is 6.04 Å². The predicted octanol–water partition coefficient (Wildman–Crippen LogP) is 3.36. The molecule has 2 atom stereocenters. The van der Waals surface area contributed by atoms with Crippen LogP contribution < -0.4 is 4.72 Å². The van der Waals surface area contributed by atoms with Crippen LogP contribution >= 0.6 is 11.3 Å². The Morgan fingerprint density at radius 2 is 1.96 bits per heavy atom. The first-order chi connectivity index (χ1) is 13.6. The number of aromatic nitrogens is 2. The molecular weight excluding hydrogens is 392 g/mol. The maximum absolute atomic E-state index is 12.5. The highest BCUT2D eigenvalue weighted by Gasteiger charge is 2.29. The number of nitrogens with one attached hydrogen (secondary N) is 1. The third-order valence-corrected chi connectivity index (χ3v) is 7.76. The summed E-state index contributed by atoms with van der Waals surface area (Å²) >= 11 is 1.25. The lowest BCUT2D eigenvalue weighted by atomic mass is 10.0. The van der Waals surface area contributed by atoms with Crippen LogP contribution in [0, 0.1) is 0 Å². The number of hydrogen-bond donors (Lipinski definition) is 1. The summed E-state index contributed by atoms with van der Waals surface area (Å²) in [5.41, 5.74) is 3.29. The molecule has 2 aromatic heterocycles. The van der Waals surface area contributed by atoms with Crippen molar-refractivity contribution in [2.45, 2.75) is 29.6 Å². The van der Waals surface area contributed by atoms with Gasteiger partial charge in [0.15, 0.2) is 10.4 Å². The van der Waals surface area contributed by atoms with E-state index in [9.17, 15) is 8.76 Å². The summed E-state index contributed by atoms with van der Waals surface area (Å²) in [6.07, 6.45) is 6.98. The first kappa shape index (κ1) is 19.4. The average molecular weight is 415 g/mol. The minimum Gasteiger partial charge on any atom is -0.592 e. The molecule has 1 aliphatic rings. The smallest absolute Gasteiger partial charge is 0.228 e. The van der Waals surface area contributed by atoms with Gasteiger partial charge < -0.3 is 4.55 Å². The number of hydrogen-bond acceptors (Lipinski definition) is 6. The number of sulfonamides is 1. The maximum Gasteiger partial charge on any atom is 0.228 e. The Morgan fingerprint density at radius 3 is 2.68 bits per heavy atom. The summed E-state index contributed by atoms with van der Waals surface area (Å²) in [5.74, 6) is 0. The molecule has 0 radical (unpaired) electrons. The van der Waals surface area contributed by atoms with Crippen LogP contribution in [-0.2, 0) is 21.2 Å². The average Bonchev–Trinajstić information content (AvgIpc) is 3.25. The van der Waals surface area contributed by atoms with Crippen LogP contribution in [0.5, 0.6) is 0 Å². The van der Waals surface area contributed by atoms with Gasteiger partial charge in [0.05, 0.1) is 6.04 Å². The molecule has 1 aliphatic heterocycles. The van der Waals surface area contributed by atoms with E-state index in [1.54, 1.807) is 29.9 Å². The van der Waals surface area contributed by atoms with Crippen molar-refractivity contribution in [3.63, 3.8) is 0 Å². The van der Waals surface area contributed by atoms with Crippen molar-refractivity contribution < 1.29 is 8.76 Å². The van der Waals surface area contributed by atoms with E-state index in [0.29, 0.717) is 4.21 Å². The molecule has 3 heterocycles. The highest BCUT2D eigenvalue weighted by Crippen LogP contribution is 2.23. The molecule has 0 saturated carbocycles. The number of nitrogens with zero attached hydrogens (tertiary/aromatic N) is 3. The Morgan fingerprint density at radius 1 is 1.18 bits per heavy atom. The van der Waals surface area contributed by atoms with Crippen LogP contribution in [0.2, 0.25) is 0 Å². The van der Waals surface area contributed by atoms with Crippen LogP contribution in [0.4, 0.5) is 0 Å². The van der Waals surface area contributed by atoms with Crippen LogP contribution in [0.1, 0.15) is 18.4 Å². The van der Waals surface area contributed by atoms with Crippen molar-refractivity contribution in [2.75, 3.05) is 13.1 Å². The first-order valence-corrected chi connectivity index (χ1v) is 11.6. The van der Waals surface area contributed by atoms with Gasteiger partial charge in [0.1, 0.15) is 6.33 Å². The zero-order valence-corrected chi connectivity index (χ0v) is 17.0. The zero-order chi connectivity index (χ0) is 19.4. The first-order valence-electron chi connectivity index (χ1n) is 9.23. The summed E-state index contributed by atoms with van der Waals surface area (Å²) in [6, 6.07) is 11.7. The molecule has 28 heavy (non-hydrogen) atoms. The van der Waals surface area contributed by atoms with Crippen molar-refractivity contribution in [1.29, 1.82) is 0 Å². The van der Waals surface area contributed by atoms with Crippen molar-refractivity contribution in [3.05, 3.63) is 66.1 Å². The molecule has 2 unspecified atom stereocenters. The third-order valence-electron chi connectivity index (χ3n) is 4.84. The lowest BCUT2D eigenvalue weighted by Crippen LogP contribution is -2.49. The molecule has 0 amide bonds. The van der Waals surface area contributed by atoms with Crippen molar-refractivity contribution >= 4 is 21.7 Å². The second kappa shape index (κ2) is 8.59. The molecule has 0 aliphatic carbocycles. The van der Waals surface area contributed by atoms with Gasteiger partial charge in [-0.2, -0.15) is 0 Å². The van der Waals surface area contributed by atoms with Crippen LogP contribution in [0.3, 0.4) is 0 Å². The predicted molar refractivity (Wildman–Crippen MR) is 110 cm³/mol. The molecule has 1 saturated heterocycles. The van der Waals surface area contributed by atoms with E-state index in [1.165, 1.54) is 23.2 Å². The van der Waals surface area contributed by atoms with Gasteiger partial charge in [-0.3, -0.25) is 4.90 Å². The van der Waals surface area contributed by atoms with Gasteiger partial charge in [-0.1, -0.05) is 39.8 Å². The van der Waals surface area contributed by atoms with Gasteiger partial charge in [-0.25, -0.2) is 9.97 Å². The summed E-state index contributed by atoms with van der Waals surface area (Å²) in [6.45, 7) is 2.51. The van der Waals surface area contributed by atoms with E-state index in [0.717, 1.165) is 43.6 Å². The molecule has 0 spiro atoms. The second-order valence-corrected chi connectivity index (χ2v) is 9.84. The van der Waals surface area contributed by atoms with E-state index in [2.05, 4.69) is 43.9 Å². The van der Waals surface area contributed by atoms with E-state index < -0.39 is 10.4 Å². The summed E-state index contributed by atoms with van der Waals surface area (Å²) < 4.78 is 28.2. The quantitative estimate of drug-likeness (QED) is 0.626. The largest absolute Gasteiger partial charge is 0.592 e. The highest BCUT2D eigenvalue weighted by atomic mass is 32.3. The Bertz CT molecular complexity index is 933. The number of piperidine rings is 1. The molecule has 1 aromatic carbocycles. The fraction of sp³-hybridized carbons (Fsp3) is 0.300. The molecular formula is C20H22N4O2S2. The monoisotopic (exact) mass is 414 g/mol. The molecule has 4 rings (SSSR count). The summed E-state index contributed by atoms with van der Waals surface area (Å²) in [4.78, 5) is 10.4. The van der Waals surface area contributed by atoms with Gasteiger partial charge >= 0.3 is 0 Å². The van der Waals surface area contributed by atoms with Crippen molar-refractivity contribution in [2.24, 2.45) is 0 Å². The Hall–Kier alpha value is -1.97. The molecule has 0 bridgehead atoms. The van der Waals surface area contributed by atoms with Crippen molar-refractivity contribution in [3.8, 4) is 11.1 Å². The van der Waals surface area contributed by atoms with Gasteiger partial charge in [0, 0.05) is 37.1 Å². The summed E-state index contributed by atoms with van der Waals surface area (Å²) in [7, 11) is -3.42. The van der Waals surface area contributed by atoms with Gasteiger partial charge in [-0.15, -0.1) is 4.72 Å². The molecule has 3 aromatic rings. The van der Waals surface area contributed by atoms with Gasteiger partial charge in [0.25, 0.3) is 0 Å². The Labute approximate surface area is 170 Å². The normalized spacial score (nSPS) is 20.0. The maximum atomic E-state index is 12.5. The van der Waals surface area contributed by atoms with Crippen molar-refractivity contribution in [1.82, 2.24) is 19.6 Å². The zero-order valence-electron chi connectivity index (χ0n) is 15.4. The van der Waals surface area contributed by atoms with E-state index in [4.69, 9.17) is 0 Å². The number of rotatable bonds is 6. The topological polar surface area (TPSA) is 81.2 Å². The lowest BCUT2D eigenvalue weighted by molar-refractivity contribution is 0.193. The minimum absolute atomic E-state index is 0.0541. The standard InChI is InChI=1S/C20H22N4O2S2/c25-28(26,20-4-2-10-27-20)23-19-3-1-9-24(14-19)13-16-5-7-17(8-6-16)18-11-21-15-22-12-18/h2,4-8,10-12,15,19H,1,3,9,13-14H2,(H-,23,25,26). The van der Waals surface area contributed by atoms with Gasteiger partial charge in [0.2, 0.25) is 4.21 Å². The van der Waals surface area contributed by atoms with Crippen LogP contribution in [-0.4, -0.2) is 38.6 Å². The SMILES string of the molecule is O=[S+]([O-])(NC1CCCN(Cc2ccc(-c3cncnc3)cc2)C1)c1cccs1. The Kier molecular flexibility index (Phi) is 5.93. The minimum atomic E-state index is -3.42. The third kappa shape index (κ3) is 4.71. The van der Waals surface area contributed by atoms with E-state index >= 15 is 0 Å². The van der Waals surface area contributed by atoms with Gasteiger partial charge in [-0.05, 0) is 42.0 Å². The number of likely N-dealkylation sites (tertiary alicyclic amines) is 1. The molecule has 1 fully saturated rings. The molecule has 8 heteroatoms.